The van der Waals surface area contributed by atoms with Crippen molar-refractivity contribution in [1.29, 1.82) is 0 Å². The van der Waals surface area contributed by atoms with Gasteiger partial charge in [-0.1, -0.05) is 0 Å². The third-order valence-electron chi connectivity index (χ3n) is 6.03. The van der Waals surface area contributed by atoms with Crippen LogP contribution in [0.4, 0.5) is 30.8 Å². The Labute approximate surface area is 200 Å². The van der Waals surface area contributed by atoms with Crippen LogP contribution in [0.1, 0.15) is 30.2 Å². The van der Waals surface area contributed by atoms with Gasteiger partial charge in [-0.05, 0) is 32.4 Å². The minimum Gasteiger partial charge on any atom is -0.483 e. The number of hydrogen-bond acceptors (Lipinski definition) is 6. The summed E-state index contributed by atoms with van der Waals surface area (Å²) in [6.07, 6.45) is 2.85. The maximum Gasteiger partial charge on any atom is 0.327 e. The second-order valence-corrected chi connectivity index (χ2v) is 8.46. The van der Waals surface area contributed by atoms with E-state index in [0.29, 0.717) is 36.2 Å². The van der Waals surface area contributed by atoms with E-state index in [0.717, 1.165) is 30.9 Å². The molecule has 0 unspecified atom stereocenters. The van der Waals surface area contributed by atoms with Gasteiger partial charge in [-0.3, -0.25) is 9.69 Å². The van der Waals surface area contributed by atoms with Gasteiger partial charge in [-0.25, -0.2) is 23.5 Å². The molecule has 3 N–H and O–H groups in total. The number of carbonyl (C=O) groups excluding carboxylic acids is 1. The molecule has 2 aliphatic heterocycles. The number of aromatic nitrogens is 3. The second kappa shape index (κ2) is 10.2. The molecule has 1 saturated heterocycles. The van der Waals surface area contributed by atoms with Gasteiger partial charge in [0.2, 0.25) is 0 Å². The molecule has 3 aromatic rings. The van der Waals surface area contributed by atoms with E-state index in [2.05, 4.69) is 32.4 Å². The number of nitrogens with zero attached hydrogens (tertiary/aromatic N) is 5. The Kier molecular flexibility index (Phi) is 7.10. The number of rotatable bonds is 3. The van der Waals surface area contributed by atoms with Crippen molar-refractivity contribution >= 4 is 35.3 Å². The van der Waals surface area contributed by atoms with Crippen LogP contribution in [0.5, 0.6) is 0 Å². The molecule has 186 valence electrons. The first-order valence-corrected chi connectivity index (χ1v) is 11.2. The van der Waals surface area contributed by atoms with Gasteiger partial charge in [-0.2, -0.15) is 0 Å². The van der Waals surface area contributed by atoms with Crippen molar-refractivity contribution in [2.45, 2.75) is 32.7 Å². The number of alkyl halides is 2. The average molecular weight is 488 g/mol. The minimum atomic E-state index is -2.74. The number of halogens is 2. The molecular weight excluding hydrogens is 460 g/mol. The number of anilines is 3. The SMILES string of the molecule is Cc1cn2cc(NC(=O)N3CCc4c(N5CCN[C@H](C)C5)ccnc43)c(C(F)F)cc2n1.O=CO. The molecular formula is C23H27F2N7O3. The minimum absolute atomic E-state index is 0.0652. The number of imidazole rings is 1. The number of amides is 2. The third-order valence-corrected chi connectivity index (χ3v) is 6.03. The molecule has 0 saturated carbocycles. The largest absolute Gasteiger partial charge is 0.483 e. The third kappa shape index (κ3) is 5.02. The topological polar surface area (TPSA) is 115 Å². The molecule has 3 aromatic heterocycles. The Balaban J connectivity index is 0.000000917. The molecule has 5 rings (SSSR count). The van der Waals surface area contributed by atoms with Crippen LogP contribution in [0.2, 0.25) is 0 Å². The molecule has 0 aliphatic carbocycles. The second-order valence-electron chi connectivity index (χ2n) is 8.46. The highest BCUT2D eigenvalue weighted by Crippen LogP contribution is 2.35. The normalized spacial score (nSPS) is 17.2. The van der Waals surface area contributed by atoms with Gasteiger partial charge in [0.1, 0.15) is 11.5 Å². The lowest BCUT2D eigenvalue weighted by Gasteiger charge is -2.34. The molecule has 1 fully saturated rings. The van der Waals surface area contributed by atoms with Crippen molar-refractivity contribution < 1.29 is 23.5 Å². The quantitative estimate of drug-likeness (QED) is 0.487. The van der Waals surface area contributed by atoms with Crippen LogP contribution < -0.4 is 20.4 Å². The fourth-order valence-electron chi connectivity index (χ4n) is 4.56. The van der Waals surface area contributed by atoms with E-state index in [1.165, 1.54) is 17.2 Å². The van der Waals surface area contributed by atoms with Crippen molar-refractivity contribution in [3.05, 3.63) is 47.5 Å². The summed E-state index contributed by atoms with van der Waals surface area (Å²) < 4.78 is 29.0. The van der Waals surface area contributed by atoms with Crippen molar-refractivity contribution in [3.8, 4) is 0 Å². The molecule has 0 spiro atoms. The molecule has 12 heteroatoms. The summed E-state index contributed by atoms with van der Waals surface area (Å²) in [6, 6.07) is 3.21. The Morgan fingerprint density at radius 3 is 2.83 bits per heavy atom. The van der Waals surface area contributed by atoms with Gasteiger partial charge >= 0.3 is 6.03 Å². The number of carbonyl (C=O) groups is 2. The number of piperazine rings is 1. The Hall–Kier alpha value is -3.80. The molecule has 2 aliphatic rings. The summed E-state index contributed by atoms with van der Waals surface area (Å²) in [5.74, 6) is 0.587. The van der Waals surface area contributed by atoms with E-state index in [9.17, 15) is 13.6 Å². The van der Waals surface area contributed by atoms with Crippen LogP contribution in [0, 0.1) is 6.92 Å². The Morgan fingerprint density at radius 2 is 2.11 bits per heavy atom. The Morgan fingerprint density at radius 1 is 1.34 bits per heavy atom. The summed E-state index contributed by atoms with van der Waals surface area (Å²) in [5.41, 5.74) is 3.04. The average Bonchev–Trinajstić information content (AvgIpc) is 3.41. The van der Waals surface area contributed by atoms with Crippen LogP contribution in [0.25, 0.3) is 5.65 Å². The predicted octanol–water partition coefficient (Wildman–Crippen LogP) is 3.07. The number of hydrogen-bond donors (Lipinski definition) is 3. The zero-order valence-electron chi connectivity index (χ0n) is 19.4. The van der Waals surface area contributed by atoms with E-state index >= 15 is 0 Å². The Bertz CT molecular complexity index is 1230. The molecule has 0 bridgehead atoms. The summed E-state index contributed by atoms with van der Waals surface area (Å²) in [4.78, 5) is 34.0. The van der Waals surface area contributed by atoms with Crippen molar-refractivity contribution in [2.24, 2.45) is 0 Å². The van der Waals surface area contributed by atoms with E-state index in [-0.39, 0.29) is 17.7 Å². The van der Waals surface area contributed by atoms with Gasteiger partial charge in [-0.15, -0.1) is 0 Å². The number of pyridine rings is 2. The number of aryl methyl sites for hydroxylation is 1. The summed E-state index contributed by atoms with van der Waals surface area (Å²) in [5, 5.41) is 13.0. The van der Waals surface area contributed by atoms with Gasteiger partial charge in [0.15, 0.2) is 0 Å². The van der Waals surface area contributed by atoms with E-state index < -0.39 is 12.5 Å². The highest BCUT2D eigenvalue weighted by Gasteiger charge is 2.31. The van der Waals surface area contributed by atoms with Gasteiger partial charge in [0.25, 0.3) is 12.9 Å². The van der Waals surface area contributed by atoms with Crippen molar-refractivity contribution in [2.75, 3.05) is 41.3 Å². The summed E-state index contributed by atoms with van der Waals surface area (Å²) >= 11 is 0. The predicted molar refractivity (Wildman–Crippen MR) is 128 cm³/mol. The van der Waals surface area contributed by atoms with E-state index in [1.54, 1.807) is 23.7 Å². The highest BCUT2D eigenvalue weighted by molar-refractivity contribution is 6.03. The van der Waals surface area contributed by atoms with Crippen molar-refractivity contribution in [3.63, 3.8) is 0 Å². The van der Waals surface area contributed by atoms with Gasteiger partial charge in [0.05, 0.1) is 11.4 Å². The number of fused-ring (bicyclic) bond motifs is 2. The van der Waals surface area contributed by atoms with E-state index in [4.69, 9.17) is 9.90 Å². The van der Waals surface area contributed by atoms with Crippen LogP contribution in [0.15, 0.2) is 30.7 Å². The zero-order chi connectivity index (χ0) is 25.1. The van der Waals surface area contributed by atoms with Crippen LogP contribution >= 0.6 is 0 Å². The van der Waals surface area contributed by atoms with Crippen LogP contribution in [-0.4, -0.2) is 64.2 Å². The first-order valence-electron chi connectivity index (χ1n) is 11.2. The molecule has 0 aromatic carbocycles. The van der Waals surface area contributed by atoms with Crippen LogP contribution in [0.3, 0.4) is 0 Å². The smallest absolute Gasteiger partial charge is 0.327 e. The van der Waals surface area contributed by atoms with Gasteiger partial charge in [0, 0.05) is 67.6 Å². The fourth-order valence-corrected chi connectivity index (χ4v) is 4.56. The van der Waals surface area contributed by atoms with Gasteiger partial charge < -0.3 is 25.0 Å². The summed E-state index contributed by atoms with van der Waals surface area (Å²) in [6.45, 7) is 6.79. The first kappa shape index (κ1) is 24.3. The lowest BCUT2D eigenvalue weighted by Crippen LogP contribution is -2.49. The van der Waals surface area contributed by atoms with E-state index in [1.807, 2.05) is 6.07 Å². The molecule has 35 heavy (non-hydrogen) atoms. The molecule has 2 amide bonds. The lowest BCUT2D eigenvalue weighted by atomic mass is 10.1. The number of nitrogens with one attached hydrogen (secondary N) is 2. The molecule has 10 nitrogen and oxygen atoms in total. The van der Waals surface area contributed by atoms with Crippen molar-refractivity contribution in [1.82, 2.24) is 19.7 Å². The number of urea groups is 1. The molecule has 5 heterocycles. The maximum atomic E-state index is 13.7. The zero-order valence-corrected chi connectivity index (χ0v) is 19.4. The highest BCUT2D eigenvalue weighted by atomic mass is 19.3. The fraction of sp³-hybridized carbons (Fsp3) is 0.391. The maximum absolute atomic E-state index is 13.7. The van der Waals surface area contributed by atoms with Crippen LogP contribution in [-0.2, 0) is 11.2 Å². The first-order chi connectivity index (χ1) is 16.8. The molecule has 0 radical (unpaired) electrons. The number of carboxylic acid groups (broad SMARTS) is 1. The monoisotopic (exact) mass is 487 g/mol. The lowest BCUT2D eigenvalue weighted by molar-refractivity contribution is -0.122. The molecule has 1 atom stereocenters. The standard InChI is InChI=1S/C22H25F2N7O.CH2O2/c1-13-10-29(8-6-25-13)18-3-5-26-21-15(18)4-7-31(21)22(32)28-17-12-30-11-14(2)27-19(30)9-16(17)20(23)24;2-1-3/h3,5,9,11-13,20,25H,4,6-8,10H2,1-2H3,(H,28,32);1H,(H,2,3)/t13-;/m1./s1. The summed E-state index contributed by atoms with van der Waals surface area (Å²) in [7, 11) is 0.